The number of benzene rings is 4. The van der Waals surface area contributed by atoms with Crippen LogP contribution in [-0.2, 0) is 0 Å². The van der Waals surface area contributed by atoms with Crippen molar-refractivity contribution in [1.29, 1.82) is 0 Å². The summed E-state index contributed by atoms with van der Waals surface area (Å²) in [6.07, 6.45) is 8.81. The van der Waals surface area contributed by atoms with Crippen LogP contribution in [0.25, 0.3) is 74.1 Å². The summed E-state index contributed by atoms with van der Waals surface area (Å²) >= 11 is 7.40. The highest BCUT2D eigenvalue weighted by Gasteiger charge is 2.29. The van der Waals surface area contributed by atoms with Gasteiger partial charge in [-0.1, -0.05) is 94.7 Å². The summed E-state index contributed by atoms with van der Waals surface area (Å²) in [6, 6.07) is 43.5. The fourth-order valence-corrected chi connectivity index (χ4v) is 13.2. The van der Waals surface area contributed by atoms with Gasteiger partial charge in [0.1, 0.15) is 9.40 Å². The second-order valence-corrected chi connectivity index (χ2v) is 18.3. The third kappa shape index (κ3) is 5.37. The van der Waals surface area contributed by atoms with Gasteiger partial charge < -0.3 is 46.2 Å². The van der Waals surface area contributed by atoms with E-state index in [2.05, 4.69) is 164 Å². The van der Waals surface area contributed by atoms with Crippen molar-refractivity contribution in [2.75, 3.05) is 22.9 Å². The van der Waals surface area contributed by atoms with E-state index < -0.39 is 0 Å². The molecule has 0 N–H and O–H groups in total. The predicted molar refractivity (Wildman–Crippen MR) is 234 cm³/mol. The zero-order chi connectivity index (χ0) is 36.5. The van der Waals surface area contributed by atoms with Crippen LogP contribution in [0.2, 0.25) is 0 Å². The largest absolute Gasteiger partial charge is 1.00 e. The van der Waals surface area contributed by atoms with Crippen molar-refractivity contribution in [1.82, 2.24) is 9.97 Å². The van der Waals surface area contributed by atoms with Crippen LogP contribution < -0.4 is 76.1 Å². The van der Waals surface area contributed by atoms with E-state index in [-0.39, 0.29) is 36.4 Å². The van der Waals surface area contributed by atoms with Crippen molar-refractivity contribution >= 4 is 132 Å². The lowest BCUT2D eigenvalue weighted by Crippen LogP contribution is -3.00. The minimum atomic E-state index is 0. The molecule has 10 heterocycles. The molecule has 4 aliphatic rings. The molecule has 0 saturated heterocycles. The van der Waals surface area contributed by atoms with Crippen molar-refractivity contribution in [2.24, 2.45) is 0 Å². The molecule has 6 nitrogen and oxygen atoms in total. The first-order chi connectivity index (χ1) is 27.7. The molecule has 14 rings (SSSR count). The lowest BCUT2D eigenvalue weighted by molar-refractivity contribution is -0.476. The number of nitrogens with zero attached hydrogens (tertiary/aromatic N) is 6. The maximum absolute atomic E-state index is 5.04. The highest BCUT2D eigenvalue weighted by Crippen LogP contribution is 2.47. The quantitative estimate of drug-likeness (QED) is 0.169. The van der Waals surface area contributed by atoms with Crippen LogP contribution in [0, 0.1) is 0 Å². The summed E-state index contributed by atoms with van der Waals surface area (Å²) < 4.78 is 7.19. The number of thiazole rings is 2. The summed E-state index contributed by atoms with van der Waals surface area (Å²) in [5.74, 6) is 0. The van der Waals surface area contributed by atoms with Crippen LogP contribution in [0.3, 0.4) is 0 Å². The van der Waals surface area contributed by atoms with Crippen molar-refractivity contribution in [3.8, 4) is 0 Å². The van der Waals surface area contributed by atoms with Crippen LogP contribution in [0.15, 0.2) is 144 Å². The van der Waals surface area contributed by atoms with Crippen LogP contribution in [-0.4, -0.2) is 23.1 Å². The summed E-state index contributed by atoms with van der Waals surface area (Å²) in [7, 11) is 0. The van der Waals surface area contributed by atoms with E-state index in [1.165, 1.54) is 82.5 Å². The van der Waals surface area contributed by atoms with E-state index in [1.807, 2.05) is 46.2 Å². The molecule has 280 valence electrons. The molecule has 0 atom stereocenters. The number of rotatable bonds is 0. The second kappa shape index (κ2) is 13.9. The number of hydrogen-bond donors (Lipinski definition) is 0. The van der Waals surface area contributed by atoms with Crippen molar-refractivity contribution in [2.45, 2.75) is 9.79 Å². The fraction of sp³-hybridized carbons (Fsp3) is 0.0435. The van der Waals surface area contributed by atoms with Gasteiger partial charge in [-0.05, 0) is 60.7 Å². The Morgan fingerprint density at radius 2 is 0.948 bits per heavy atom. The first kappa shape index (κ1) is 36.3. The molecule has 4 aliphatic heterocycles. The minimum Gasteiger partial charge on any atom is -1.00 e. The monoisotopic (exact) mass is 954 g/mol. The van der Waals surface area contributed by atoms with Crippen LogP contribution in [0.5, 0.6) is 0 Å². The number of anilines is 2. The normalized spacial score (nSPS) is 14.5. The average Bonchev–Trinajstić information content (AvgIpc) is 4.03. The summed E-state index contributed by atoms with van der Waals surface area (Å²) in [5.41, 5.74) is 7.25. The summed E-state index contributed by atoms with van der Waals surface area (Å²) in [5, 5.41) is 9.74. The maximum atomic E-state index is 5.04. The van der Waals surface area contributed by atoms with E-state index in [4.69, 9.17) is 9.97 Å². The van der Waals surface area contributed by atoms with Crippen LogP contribution >= 0.6 is 46.2 Å². The van der Waals surface area contributed by atoms with Crippen molar-refractivity contribution < 1.29 is 45.2 Å². The Kier molecular flexibility index (Phi) is 8.72. The molecule has 6 aromatic heterocycles. The number of hydrogen-bond acceptors (Lipinski definition) is 8. The molecular weight excluding hydrogens is 927 g/mol. The molecule has 0 spiro atoms. The number of thioether (sulfide) groups is 2. The number of para-hydroxylation sites is 4. The number of aromatic nitrogens is 4. The molecular formula is C46H28ClIN6S4. The van der Waals surface area contributed by atoms with Crippen molar-refractivity contribution in [3.63, 3.8) is 0 Å². The van der Waals surface area contributed by atoms with Gasteiger partial charge in [0.25, 0.3) is 9.66 Å². The Morgan fingerprint density at radius 3 is 1.43 bits per heavy atom. The van der Waals surface area contributed by atoms with E-state index in [0.29, 0.717) is 0 Å². The number of pyridine rings is 4. The smallest absolute Gasteiger partial charge is 0.277 e. The topological polar surface area (TPSA) is 40.5 Å². The van der Waals surface area contributed by atoms with E-state index in [1.54, 1.807) is 0 Å². The second-order valence-electron chi connectivity index (χ2n) is 14.2. The summed E-state index contributed by atoms with van der Waals surface area (Å²) in [6.45, 7) is 1.76. The fourth-order valence-electron chi connectivity index (χ4n) is 8.49. The first-order valence-electron chi connectivity index (χ1n) is 18.6. The first-order valence-corrected chi connectivity index (χ1v) is 21.8. The third-order valence-corrected chi connectivity index (χ3v) is 15.8. The van der Waals surface area contributed by atoms with Gasteiger partial charge in [-0.25, -0.2) is 9.97 Å². The van der Waals surface area contributed by atoms with E-state index in [9.17, 15) is 0 Å². The zero-order valence-corrected chi connectivity index (χ0v) is 36.5. The number of halogens is 2. The molecule has 10 aromatic rings. The van der Waals surface area contributed by atoms with Gasteiger partial charge in [0, 0.05) is 57.6 Å². The highest BCUT2D eigenvalue weighted by molar-refractivity contribution is 8.09. The average molecular weight is 955 g/mol. The van der Waals surface area contributed by atoms with Gasteiger partial charge in [0.15, 0.2) is 12.4 Å². The lowest BCUT2D eigenvalue weighted by Gasteiger charge is -2.21. The molecule has 4 aromatic carbocycles. The third-order valence-electron chi connectivity index (χ3n) is 11.1. The molecule has 0 amide bonds. The standard InChI is InChI=1S/2C23H14N3S2.ClH.HI/c2*1-3-7-20-18(5-1)25-11-9-16-14(22(25)27-20)13-15-17(24-16)10-12-26-19-6-2-4-8-21(19)28-23(15)26;;/h2*1-11,13H,12H2;2*1H/q2*+1;;/p-2. The Balaban J connectivity index is 0.000000128. The van der Waals surface area contributed by atoms with Crippen LogP contribution in [0.4, 0.5) is 11.4 Å². The van der Waals surface area contributed by atoms with Gasteiger partial charge in [0.2, 0.25) is 11.0 Å². The Morgan fingerprint density at radius 1 is 0.517 bits per heavy atom. The highest BCUT2D eigenvalue weighted by atomic mass is 127. The van der Waals surface area contributed by atoms with Gasteiger partial charge in [-0.15, -0.1) is 8.80 Å². The Hall–Kier alpha value is -4.76. The van der Waals surface area contributed by atoms with Gasteiger partial charge in [-0.2, -0.15) is 0 Å². The minimum absolute atomic E-state index is 0. The molecule has 0 unspecified atom stereocenters. The van der Waals surface area contributed by atoms with Gasteiger partial charge in [0.05, 0.1) is 53.9 Å². The molecule has 58 heavy (non-hydrogen) atoms. The molecule has 0 fully saturated rings. The van der Waals surface area contributed by atoms with Crippen molar-refractivity contribution in [3.05, 3.63) is 155 Å². The lowest BCUT2D eigenvalue weighted by atomic mass is 10.2. The summed E-state index contributed by atoms with van der Waals surface area (Å²) in [4.78, 5) is 20.1. The predicted octanol–water partition coefficient (Wildman–Crippen LogP) is 1.33. The molecule has 12 heteroatoms. The van der Waals surface area contributed by atoms with Crippen LogP contribution in [0.1, 0.15) is 0 Å². The SMILES string of the molecule is C1=c2nc3cc[n+]4c5ccccc5sc4c3cc2=C2Sc3ccccc3N2C1.C1=c2nc3cc[n+]4c5ccccc5sc4c3cc2=C2Sc3ccccc3N2C1.[Cl-].[I-]. The van der Waals surface area contributed by atoms with Gasteiger partial charge >= 0.3 is 0 Å². The van der Waals surface area contributed by atoms with Gasteiger partial charge in [-0.3, -0.25) is 0 Å². The molecule has 0 saturated carbocycles. The zero-order valence-electron chi connectivity index (χ0n) is 30.3. The maximum Gasteiger partial charge on any atom is 0.277 e. The molecule has 0 bridgehead atoms. The number of fused-ring (bicyclic) bond motifs is 18. The molecule has 0 radical (unpaired) electrons. The Bertz CT molecular complexity index is 3420. The van der Waals surface area contributed by atoms with E-state index >= 15 is 0 Å². The van der Waals surface area contributed by atoms with E-state index in [0.717, 1.165) is 34.8 Å². The molecule has 0 aliphatic carbocycles. The Labute approximate surface area is 371 Å².